The molecular weight excluding hydrogens is 329 g/mol. The van der Waals surface area contributed by atoms with E-state index in [9.17, 15) is 14.6 Å². The lowest BCUT2D eigenvalue weighted by Crippen LogP contribution is -2.30. The molecule has 23 heavy (non-hydrogen) atoms. The minimum atomic E-state index is -3.83. The van der Waals surface area contributed by atoms with Crippen molar-refractivity contribution in [2.45, 2.75) is 13.0 Å². The Morgan fingerprint density at radius 1 is 1.43 bits per heavy atom. The quantitative estimate of drug-likeness (QED) is 0.500. The van der Waals surface area contributed by atoms with Crippen molar-refractivity contribution < 1.29 is 28.7 Å². The highest BCUT2D eigenvalue weighted by molar-refractivity contribution is 7.52. The first-order chi connectivity index (χ1) is 11.0. The molecule has 0 aliphatic heterocycles. The second kappa shape index (κ2) is 7.66. The predicted octanol–water partition coefficient (Wildman–Crippen LogP) is -0.606. The van der Waals surface area contributed by atoms with Crippen LogP contribution in [-0.4, -0.2) is 62.0 Å². The van der Waals surface area contributed by atoms with E-state index in [0.29, 0.717) is 11.2 Å². The van der Waals surface area contributed by atoms with E-state index >= 15 is 0 Å². The van der Waals surface area contributed by atoms with E-state index < -0.39 is 26.7 Å². The second-order valence-corrected chi connectivity index (χ2v) is 6.24. The summed E-state index contributed by atoms with van der Waals surface area (Å²) in [5, 5.41) is 9.25. The summed E-state index contributed by atoms with van der Waals surface area (Å²) in [4.78, 5) is 26.6. The lowest BCUT2D eigenvalue weighted by Gasteiger charge is -2.18. The largest absolute Gasteiger partial charge is 0.408 e. The second-order valence-electron chi connectivity index (χ2n) is 4.45. The maximum absolute atomic E-state index is 11.5. The normalized spacial score (nSPS) is 15.4. The lowest BCUT2D eigenvalue weighted by atomic mass is 10.4. The topological polar surface area (TPSA) is 155 Å². The molecule has 11 nitrogen and oxygen atoms in total. The molecule has 0 bridgehead atoms. The van der Waals surface area contributed by atoms with Crippen molar-refractivity contribution in [3.05, 3.63) is 12.7 Å². The standard InChI is InChI=1S/C11H18N5O6P/c1-2-22-23(18,19)7-20-8(3-17)4-21-16-6-15-9-10(12)13-5-14-11(9)16/h5-6,8,17H,2-4,7H2,1H3,(H,18,19)(H2,12,13,14). The third-order valence-corrected chi connectivity index (χ3v) is 3.88. The van der Waals surface area contributed by atoms with Crippen molar-refractivity contribution in [2.75, 3.05) is 31.9 Å². The smallest absolute Gasteiger partial charge is 0.353 e. The number of anilines is 1. The number of hydrogen-bond acceptors (Lipinski definition) is 9. The van der Waals surface area contributed by atoms with Crippen molar-refractivity contribution >= 4 is 24.6 Å². The lowest BCUT2D eigenvalue weighted by molar-refractivity contribution is -0.0335. The Labute approximate surface area is 131 Å². The highest BCUT2D eigenvalue weighted by Gasteiger charge is 2.22. The van der Waals surface area contributed by atoms with Gasteiger partial charge < -0.3 is 29.8 Å². The van der Waals surface area contributed by atoms with Crippen molar-refractivity contribution in [3.8, 4) is 0 Å². The molecule has 128 valence electrons. The van der Waals surface area contributed by atoms with Crippen LogP contribution in [0, 0.1) is 0 Å². The van der Waals surface area contributed by atoms with E-state index in [-0.39, 0.29) is 19.0 Å². The number of aliphatic hydroxyl groups excluding tert-OH is 1. The van der Waals surface area contributed by atoms with Gasteiger partial charge in [0.25, 0.3) is 0 Å². The summed E-state index contributed by atoms with van der Waals surface area (Å²) >= 11 is 0. The third-order valence-electron chi connectivity index (χ3n) is 2.74. The summed E-state index contributed by atoms with van der Waals surface area (Å²) in [6, 6.07) is 0. The van der Waals surface area contributed by atoms with Gasteiger partial charge in [0.2, 0.25) is 5.65 Å². The van der Waals surface area contributed by atoms with Gasteiger partial charge in [-0.2, -0.15) is 4.73 Å². The molecular formula is C11H18N5O6P. The molecule has 4 N–H and O–H groups in total. The fraction of sp³-hybridized carbons (Fsp3) is 0.545. The van der Waals surface area contributed by atoms with E-state index in [0.717, 1.165) is 0 Å². The molecule has 2 unspecified atom stereocenters. The van der Waals surface area contributed by atoms with Crippen LogP contribution in [-0.2, 0) is 13.8 Å². The maximum atomic E-state index is 11.5. The summed E-state index contributed by atoms with van der Waals surface area (Å²) in [7, 11) is -3.83. The molecule has 0 amide bonds. The average Bonchev–Trinajstić information content (AvgIpc) is 2.92. The van der Waals surface area contributed by atoms with E-state index in [1.165, 1.54) is 17.4 Å². The minimum Gasteiger partial charge on any atom is -0.408 e. The number of nitrogens with two attached hydrogens (primary N) is 1. The van der Waals surface area contributed by atoms with Crippen LogP contribution >= 0.6 is 7.60 Å². The SMILES string of the molecule is CCOP(=O)(O)COC(CO)COn1cnc2c(N)ncnc21. The van der Waals surface area contributed by atoms with Crippen LogP contribution in [0.4, 0.5) is 5.82 Å². The molecule has 0 saturated carbocycles. The summed E-state index contributed by atoms with van der Waals surface area (Å²) < 4.78 is 22.6. The van der Waals surface area contributed by atoms with Gasteiger partial charge in [-0.1, -0.05) is 0 Å². The van der Waals surface area contributed by atoms with Gasteiger partial charge in [-0.05, 0) is 6.92 Å². The number of hydrogen-bond donors (Lipinski definition) is 3. The number of nitrogens with zero attached hydrogens (tertiary/aromatic N) is 4. The van der Waals surface area contributed by atoms with Crippen LogP contribution in [0.2, 0.25) is 0 Å². The summed E-state index contributed by atoms with van der Waals surface area (Å²) in [6.07, 6.45) is 1.24. The molecule has 0 aliphatic carbocycles. The highest BCUT2D eigenvalue weighted by atomic mass is 31.2. The van der Waals surface area contributed by atoms with Crippen LogP contribution in [0.5, 0.6) is 0 Å². The molecule has 2 heterocycles. The van der Waals surface area contributed by atoms with Crippen molar-refractivity contribution in [2.24, 2.45) is 0 Å². The fourth-order valence-electron chi connectivity index (χ4n) is 1.68. The van der Waals surface area contributed by atoms with Crippen molar-refractivity contribution in [1.29, 1.82) is 0 Å². The Morgan fingerprint density at radius 3 is 2.91 bits per heavy atom. The number of imidazole rings is 1. The Balaban J connectivity index is 1.94. The number of ether oxygens (including phenoxy) is 1. The van der Waals surface area contributed by atoms with Crippen molar-refractivity contribution in [3.63, 3.8) is 0 Å². The third kappa shape index (κ3) is 4.60. The molecule has 2 aromatic heterocycles. The summed E-state index contributed by atoms with van der Waals surface area (Å²) in [5.41, 5.74) is 6.39. The van der Waals surface area contributed by atoms with Crippen LogP contribution < -0.4 is 10.6 Å². The summed E-state index contributed by atoms with van der Waals surface area (Å²) in [6.45, 7) is 1.17. The van der Waals surface area contributed by atoms with Crippen LogP contribution in [0.15, 0.2) is 12.7 Å². The monoisotopic (exact) mass is 347 g/mol. The fourth-order valence-corrected chi connectivity index (χ4v) is 2.56. The van der Waals surface area contributed by atoms with E-state index in [1.54, 1.807) is 6.92 Å². The predicted molar refractivity (Wildman–Crippen MR) is 79.5 cm³/mol. The van der Waals surface area contributed by atoms with Gasteiger partial charge >= 0.3 is 7.60 Å². The van der Waals surface area contributed by atoms with Gasteiger partial charge in [0.05, 0.1) is 13.2 Å². The zero-order valence-electron chi connectivity index (χ0n) is 12.4. The van der Waals surface area contributed by atoms with Crippen molar-refractivity contribution in [1.82, 2.24) is 19.7 Å². The van der Waals surface area contributed by atoms with Gasteiger partial charge in [0.1, 0.15) is 31.7 Å². The first-order valence-corrected chi connectivity index (χ1v) is 8.48. The molecule has 2 atom stereocenters. The molecule has 0 fully saturated rings. The average molecular weight is 347 g/mol. The van der Waals surface area contributed by atoms with E-state index in [1.807, 2.05) is 0 Å². The van der Waals surface area contributed by atoms with Gasteiger partial charge in [0, 0.05) is 0 Å². The highest BCUT2D eigenvalue weighted by Crippen LogP contribution is 2.41. The number of nitrogen functional groups attached to an aromatic ring is 1. The van der Waals surface area contributed by atoms with Gasteiger partial charge in [-0.15, -0.1) is 0 Å². The molecule has 0 saturated heterocycles. The van der Waals surface area contributed by atoms with E-state index in [2.05, 4.69) is 19.5 Å². The molecule has 0 radical (unpaired) electrons. The first kappa shape index (κ1) is 17.6. The van der Waals surface area contributed by atoms with Crippen LogP contribution in [0.1, 0.15) is 6.92 Å². The Bertz CT molecular complexity index is 695. The minimum absolute atomic E-state index is 0.0829. The maximum Gasteiger partial charge on any atom is 0.353 e. The van der Waals surface area contributed by atoms with Gasteiger partial charge in [-0.25, -0.2) is 15.0 Å². The van der Waals surface area contributed by atoms with Crippen LogP contribution in [0.3, 0.4) is 0 Å². The molecule has 0 aromatic carbocycles. The molecule has 2 rings (SSSR count). The first-order valence-electron chi connectivity index (χ1n) is 6.72. The molecule has 12 heteroatoms. The van der Waals surface area contributed by atoms with Gasteiger partial charge in [0.15, 0.2) is 11.3 Å². The van der Waals surface area contributed by atoms with E-state index in [4.69, 9.17) is 15.3 Å². The zero-order chi connectivity index (χ0) is 16.9. The molecule has 2 aromatic rings. The molecule has 0 aliphatic rings. The zero-order valence-corrected chi connectivity index (χ0v) is 13.3. The Morgan fingerprint density at radius 2 is 2.22 bits per heavy atom. The Hall–Kier alpha value is -1.78. The number of aliphatic hydroxyl groups is 1. The number of aromatic nitrogens is 4. The number of fused-ring (bicyclic) bond motifs is 1. The Kier molecular flexibility index (Phi) is 5.85. The van der Waals surface area contributed by atoms with Gasteiger partial charge in [-0.3, -0.25) is 4.57 Å². The van der Waals surface area contributed by atoms with Crippen LogP contribution in [0.25, 0.3) is 11.2 Å². The summed E-state index contributed by atoms with van der Waals surface area (Å²) in [5.74, 6) is 0.213. The number of rotatable bonds is 9. The molecule has 0 spiro atoms.